The molecule has 0 radical (unpaired) electrons. The van der Waals surface area contributed by atoms with E-state index in [1.54, 1.807) is 10.9 Å². The fourth-order valence-electron chi connectivity index (χ4n) is 3.63. The highest BCUT2D eigenvalue weighted by Crippen LogP contribution is 2.29. The number of nitrogens with zero attached hydrogens (tertiary/aromatic N) is 3. The van der Waals surface area contributed by atoms with E-state index in [0.717, 1.165) is 42.5 Å². The Morgan fingerprint density at radius 1 is 1.17 bits per heavy atom. The lowest BCUT2D eigenvalue weighted by molar-refractivity contribution is 0.0680. The van der Waals surface area contributed by atoms with E-state index in [0.29, 0.717) is 17.6 Å². The Balaban J connectivity index is 1.59. The van der Waals surface area contributed by atoms with Crippen LogP contribution in [0.3, 0.4) is 0 Å². The van der Waals surface area contributed by atoms with Crippen LogP contribution in [-0.4, -0.2) is 45.8 Å². The second-order valence-corrected chi connectivity index (χ2v) is 7.16. The molecule has 23 heavy (non-hydrogen) atoms. The summed E-state index contributed by atoms with van der Waals surface area (Å²) in [4.78, 5) is 15.0. The van der Waals surface area contributed by atoms with Gasteiger partial charge in [0.2, 0.25) is 0 Å². The van der Waals surface area contributed by atoms with Crippen molar-refractivity contribution in [1.29, 1.82) is 0 Å². The molecule has 0 saturated carbocycles. The van der Waals surface area contributed by atoms with E-state index in [-0.39, 0.29) is 5.91 Å². The lowest BCUT2D eigenvalue weighted by Crippen LogP contribution is -2.42. The maximum atomic E-state index is 12.9. The van der Waals surface area contributed by atoms with Crippen molar-refractivity contribution in [2.75, 3.05) is 13.1 Å². The highest BCUT2D eigenvalue weighted by Gasteiger charge is 2.38. The molecule has 1 N–H and O–H groups in total. The molecule has 120 valence electrons. The molecular formula is C17H19BrN4O. The third kappa shape index (κ3) is 2.81. The first-order valence-electron chi connectivity index (χ1n) is 8.06. The zero-order chi connectivity index (χ0) is 15.8. The summed E-state index contributed by atoms with van der Waals surface area (Å²) in [6.07, 6.45) is 6.79. The Bertz CT molecular complexity index is 698. The predicted molar refractivity (Wildman–Crippen MR) is 91.7 cm³/mol. The van der Waals surface area contributed by atoms with Crippen molar-refractivity contribution in [3.05, 3.63) is 46.7 Å². The molecule has 1 amide bonds. The number of nitrogens with one attached hydrogen (secondary N) is 1. The first-order valence-corrected chi connectivity index (χ1v) is 8.85. The van der Waals surface area contributed by atoms with Gasteiger partial charge >= 0.3 is 0 Å². The molecule has 2 unspecified atom stereocenters. The number of carbonyl (C=O) groups excluding carboxylic acids is 1. The number of benzene rings is 1. The molecule has 2 aromatic rings. The third-order valence-corrected chi connectivity index (χ3v) is 5.34. The maximum absolute atomic E-state index is 12.9. The zero-order valence-electron chi connectivity index (χ0n) is 12.8. The lowest BCUT2D eigenvalue weighted by Gasteiger charge is -2.27. The summed E-state index contributed by atoms with van der Waals surface area (Å²) < 4.78 is 2.79. The molecule has 3 heterocycles. The highest BCUT2D eigenvalue weighted by molar-refractivity contribution is 9.10. The van der Waals surface area contributed by atoms with Crippen LogP contribution in [0.2, 0.25) is 0 Å². The fourth-order valence-corrected chi connectivity index (χ4v) is 3.90. The summed E-state index contributed by atoms with van der Waals surface area (Å²) in [5, 5.41) is 7.80. The van der Waals surface area contributed by atoms with Crippen molar-refractivity contribution >= 4 is 21.8 Å². The van der Waals surface area contributed by atoms with Crippen molar-refractivity contribution in [2.24, 2.45) is 0 Å². The van der Waals surface area contributed by atoms with Crippen molar-refractivity contribution in [3.63, 3.8) is 0 Å². The number of aromatic nitrogens is 2. The third-order valence-electron chi connectivity index (χ3n) is 4.81. The Morgan fingerprint density at radius 3 is 2.78 bits per heavy atom. The van der Waals surface area contributed by atoms with Gasteiger partial charge < -0.3 is 10.2 Å². The largest absolute Gasteiger partial charge is 0.331 e. The van der Waals surface area contributed by atoms with Crippen LogP contribution in [0.4, 0.5) is 0 Å². The number of hydrogen-bond donors (Lipinski definition) is 1. The lowest BCUT2D eigenvalue weighted by atomic mass is 10.1. The standard InChI is InChI=1S/C17H19BrN4O/c18-13-1-3-14(4-2-13)21-11-12(9-20-21)17(23)22-15-5-6-16(22)10-19-8-7-15/h1-4,9,11,15-16,19H,5-8,10H2. The highest BCUT2D eigenvalue weighted by atomic mass is 79.9. The fraction of sp³-hybridized carbons (Fsp3) is 0.412. The van der Waals surface area contributed by atoms with Crippen molar-refractivity contribution in [3.8, 4) is 5.69 Å². The molecule has 5 nitrogen and oxygen atoms in total. The molecule has 2 atom stereocenters. The minimum Gasteiger partial charge on any atom is -0.331 e. The van der Waals surface area contributed by atoms with E-state index >= 15 is 0 Å². The first-order chi connectivity index (χ1) is 11.2. The summed E-state index contributed by atoms with van der Waals surface area (Å²) in [6.45, 7) is 1.91. The van der Waals surface area contributed by atoms with Crippen LogP contribution in [0.15, 0.2) is 41.1 Å². The van der Waals surface area contributed by atoms with Crippen LogP contribution < -0.4 is 5.32 Å². The van der Waals surface area contributed by atoms with Crippen molar-refractivity contribution in [2.45, 2.75) is 31.3 Å². The van der Waals surface area contributed by atoms with Gasteiger partial charge in [0.25, 0.3) is 5.91 Å². The van der Waals surface area contributed by atoms with Gasteiger partial charge in [0.05, 0.1) is 17.4 Å². The summed E-state index contributed by atoms with van der Waals surface area (Å²) in [7, 11) is 0. The Hall–Kier alpha value is -1.66. The van der Waals surface area contributed by atoms with E-state index < -0.39 is 0 Å². The maximum Gasteiger partial charge on any atom is 0.257 e. The molecule has 1 aromatic heterocycles. The van der Waals surface area contributed by atoms with Gasteiger partial charge in [0.1, 0.15) is 0 Å². The molecule has 0 spiro atoms. The second-order valence-electron chi connectivity index (χ2n) is 6.24. The van der Waals surface area contributed by atoms with E-state index in [4.69, 9.17) is 0 Å². The number of rotatable bonds is 2. The molecular weight excluding hydrogens is 356 g/mol. The summed E-state index contributed by atoms with van der Waals surface area (Å²) in [5.74, 6) is 0.115. The normalized spacial score (nSPS) is 23.8. The van der Waals surface area contributed by atoms with Crippen molar-refractivity contribution < 1.29 is 4.79 Å². The summed E-state index contributed by atoms with van der Waals surface area (Å²) in [6, 6.07) is 8.60. The minimum atomic E-state index is 0.115. The van der Waals surface area contributed by atoms with Gasteiger partial charge in [-0.05, 0) is 50.1 Å². The molecule has 2 aliphatic heterocycles. The molecule has 6 heteroatoms. The summed E-state index contributed by atoms with van der Waals surface area (Å²) >= 11 is 3.43. The molecule has 4 rings (SSSR count). The first kappa shape index (κ1) is 14.9. The summed E-state index contributed by atoms with van der Waals surface area (Å²) in [5.41, 5.74) is 1.62. The van der Waals surface area contributed by atoms with Gasteiger partial charge in [-0.1, -0.05) is 15.9 Å². The van der Waals surface area contributed by atoms with Crippen LogP contribution in [0, 0.1) is 0 Å². The quantitative estimate of drug-likeness (QED) is 0.878. The molecule has 0 aliphatic carbocycles. The number of amides is 1. The van der Waals surface area contributed by atoms with Gasteiger partial charge in [0, 0.05) is 29.3 Å². The van der Waals surface area contributed by atoms with Crippen LogP contribution in [0.1, 0.15) is 29.6 Å². The molecule has 2 aliphatic rings. The molecule has 2 bridgehead atoms. The zero-order valence-corrected chi connectivity index (χ0v) is 14.4. The predicted octanol–water partition coefficient (Wildman–Crippen LogP) is 2.60. The molecule has 1 aromatic carbocycles. The number of carbonyl (C=O) groups is 1. The van der Waals surface area contributed by atoms with E-state index in [1.807, 2.05) is 30.5 Å². The van der Waals surface area contributed by atoms with Crippen LogP contribution >= 0.6 is 15.9 Å². The van der Waals surface area contributed by atoms with Crippen LogP contribution in [0.5, 0.6) is 0 Å². The van der Waals surface area contributed by atoms with E-state index in [9.17, 15) is 4.79 Å². The van der Waals surface area contributed by atoms with E-state index in [2.05, 4.69) is 31.2 Å². The van der Waals surface area contributed by atoms with Gasteiger partial charge in [0.15, 0.2) is 0 Å². The SMILES string of the molecule is O=C(c1cnn(-c2ccc(Br)cc2)c1)N1C2CCNCC1CC2. The minimum absolute atomic E-state index is 0.115. The van der Waals surface area contributed by atoms with Gasteiger partial charge in [-0.2, -0.15) is 5.10 Å². The Labute approximate surface area is 143 Å². The van der Waals surface area contributed by atoms with E-state index in [1.165, 1.54) is 0 Å². The smallest absolute Gasteiger partial charge is 0.257 e. The van der Waals surface area contributed by atoms with Gasteiger partial charge in [-0.25, -0.2) is 4.68 Å². The number of halogens is 1. The van der Waals surface area contributed by atoms with Gasteiger partial charge in [-0.3, -0.25) is 4.79 Å². The second kappa shape index (κ2) is 6.09. The average Bonchev–Trinajstić information content (AvgIpc) is 3.11. The van der Waals surface area contributed by atoms with Crippen LogP contribution in [-0.2, 0) is 0 Å². The average molecular weight is 375 g/mol. The number of fused-ring (bicyclic) bond motifs is 2. The van der Waals surface area contributed by atoms with Crippen LogP contribution in [0.25, 0.3) is 5.69 Å². The number of hydrogen-bond acceptors (Lipinski definition) is 3. The van der Waals surface area contributed by atoms with Gasteiger partial charge in [-0.15, -0.1) is 0 Å². The Morgan fingerprint density at radius 2 is 1.96 bits per heavy atom. The molecule has 2 fully saturated rings. The Kier molecular flexibility index (Phi) is 3.95. The topological polar surface area (TPSA) is 50.2 Å². The molecule has 2 saturated heterocycles. The monoisotopic (exact) mass is 374 g/mol. The van der Waals surface area contributed by atoms with Crippen molar-refractivity contribution in [1.82, 2.24) is 20.0 Å².